The SMILES string of the molecule is CSc1c(NCc2nc(C)no2)sc(C(C)=O)c1N. The number of aromatic nitrogens is 2. The third-order valence-electron chi connectivity index (χ3n) is 2.39. The molecule has 0 aromatic carbocycles. The highest BCUT2D eigenvalue weighted by atomic mass is 32.2. The summed E-state index contributed by atoms with van der Waals surface area (Å²) in [4.78, 5) is 17.0. The van der Waals surface area contributed by atoms with Gasteiger partial charge in [-0.3, -0.25) is 4.79 Å². The fourth-order valence-corrected chi connectivity index (χ4v) is 3.50. The smallest absolute Gasteiger partial charge is 0.245 e. The van der Waals surface area contributed by atoms with Crippen molar-refractivity contribution >= 4 is 39.6 Å². The molecule has 19 heavy (non-hydrogen) atoms. The average molecular weight is 298 g/mol. The van der Waals surface area contributed by atoms with Crippen LogP contribution in [0.3, 0.4) is 0 Å². The minimum Gasteiger partial charge on any atom is -0.396 e. The molecule has 2 aromatic rings. The molecule has 2 aromatic heterocycles. The van der Waals surface area contributed by atoms with Gasteiger partial charge in [-0.2, -0.15) is 4.98 Å². The Bertz CT molecular complexity index is 606. The van der Waals surface area contributed by atoms with Crippen molar-refractivity contribution in [1.82, 2.24) is 10.1 Å². The maximum atomic E-state index is 11.5. The van der Waals surface area contributed by atoms with Crippen LogP contribution in [0.15, 0.2) is 9.42 Å². The van der Waals surface area contributed by atoms with E-state index in [-0.39, 0.29) is 5.78 Å². The number of ketones is 1. The number of carbonyl (C=O) groups excluding carboxylic acids is 1. The number of nitrogen functional groups attached to an aromatic ring is 1. The second kappa shape index (κ2) is 5.62. The van der Waals surface area contributed by atoms with Gasteiger partial charge in [-0.15, -0.1) is 23.1 Å². The summed E-state index contributed by atoms with van der Waals surface area (Å²) in [6, 6.07) is 0. The van der Waals surface area contributed by atoms with E-state index in [2.05, 4.69) is 15.5 Å². The van der Waals surface area contributed by atoms with E-state index in [1.54, 1.807) is 6.92 Å². The first-order valence-corrected chi connectivity index (χ1v) is 7.57. The summed E-state index contributed by atoms with van der Waals surface area (Å²) >= 11 is 2.85. The minimum atomic E-state index is -0.0283. The van der Waals surface area contributed by atoms with Crippen molar-refractivity contribution in [2.24, 2.45) is 0 Å². The number of anilines is 2. The van der Waals surface area contributed by atoms with Crippen molar-refractivity contribution < 1.29 is 9.32 Å². The zero-order valence-corrected chi connectivity index (χ0v) is 12.4. The van der Waals surface area contributed by atoms with Gasteiger partial charge in [0.2, 0.25) is 5.89 Å². The molecular formula is C11H14N4O2S2. The van der Waals surface area contributed by atoms with E-state index in [0.29, 0.717) is 28.8 Å². The van der Waals surface area contributed by atoms with Gasteiger partial charge in [-0.1, -0.05) is 5.16 Å². The van der Waals surface area contributed by atoms with E-state index in [4.69, 9.17) is 10.3 Å². The van der Waals surface area contributed by atoms with Crippen LogP contribution in [-0.4, -0.2) is 22.2 Å². The van der Waals surface area contributed by atoms with Crippen LogP contribution in [0, 0.1) is 6.92 Å². The quantitative estimate of drug-likeness (QED) is 0.647. The zero-order valence-electron chi connectivity index (χ0n) is 10.8. The Labute approximate surface area is 118 Å². The Hall–Kier alpha value is -1.54. The molecule has 0 radical (unpaired) electrons. The number of nitrogens with one attached hydrogen (secondary N) is 1. The normalized spacial score (nSPS) is 10.7. The monoisotopic (exact) mass is 298 g/mol. The molecule has 0 aliphatic heterocycles. The van der Waals surface area contributed by atoms with Crippen molar-refractivity contribution in [2.75, 3.05) is 17.3 Å². The summed E-state index contributed by atoms with van der Waals surface area (Å²) in [6.45, 7) is 3.68. The standard InChI is InChI=1S/C11H14N4O2S2/c1-5(16)9-8(12)10(18-3)11(19-9)13-4-7-14-6(2)15-17-7/h13H,4,12H2,1-3H3. The van der Waals surface area contributed by atoms with Crippen molar-refractivity contribution in [3.63, 3.8) is 0 Å². The van der Waals surface area contributed by atoms with Crippen LogP contribution in [-0.2, 0) is 6.54 Å². The molecule has 0 saturated carbocycles. The fraction of sp³-hybridized carbons (Fsp3) is 0.364. The first-order valence-electron chi connectivity index (χ1n) is 5.53. The zero-order chi connectivity index (χ0) is 14.0. The molecule has 0 unspecified atom stereocenters. The molecule has 0 aliphatic carbocycles. The number of aryl methyl sites for hydroxylation is 1. The first-order chi connectivity index (χ1) is 9.02. The van der Waals surface area contributed by atoms with Crippen LogP contribution in [0.4, 0.5) is 10.7 Å². The van der Waals surface area contributed by atoms with Crippen molar-refractivity contribution in [2.45, 2.75) is 25.3 Å². The summed E-state index contributed by atoms with van der Waals surface area (Å²) in [6.07, 6.45) is 1.92. The van der Waals surface area contributed by atoms with Crippen molar-refractivity contribution in [1.29, 1.82) is 0 Å². The van der Waals surface area contributed by atoms with E-state index < -0.39 is 0 Å². The van der Waals surface area contributed by atoms with Crippen molar-refractivity contribution in [3.05, 3.63) is 16.6 Å². The second-order valence-corrected chi connectivity index (χ2v) is 5.69. The predicted molar refractivity (Wildman–Crippen MR) is 76.9 cm³/mol. The third-order valence-corrected chi connectivity index (χ3v) is 4.62. The Morgan fingerprint density at radius 3 is 2.84 bits per heavy atom. The summed E-state index contributed by atoms with van der Waals surface area (Å²) in [5.74, 6) is 1.07. The lowest BCUT2D eigenvalue weighted by Crippen LogP contribution is -1.99. The van der Waals surface area contributed by atoms with Crippen LogP contribution < -0.4 is 11.1 Å². The Balaban J connectivity index is 2.20. The fourth-order valence-electron chi connectivity index (χ4n) is 1.58. The lowest BCUT2D eigenvalue weighted by Gasteiger charge is -2.02. The van der Waals surface area contributed by atoms with Gasteiger partial charge in [0.05, 0.1) is 22.0 Å². The van der Waals surface area contributed by atoms with Crippen LogP contribution in [0.5, 0.6) is 0 Å². The molecule has 2 heterocycles. The second-order valence-electron chi connectivity index (χ2n) is 3.85. The van der Waals surface area contributed by atoms with Crippen molar-refractivity contribution in [3.8, 4) is 0 Å². The van der Waals surface area contributed by atoms with Gasteiger partial charge in [0.1, 0.15) is 5.00 Å². The summed E-state index contributed by atoms with van der Waals surface area (Å²) in [5.41, 5.74) is 6.50. The number of hydrogen-bond donors (Lipinski definition) is 2. The molecular weight excluding hydrogens is 284 g/mol. The van der Waals surface area contributed by atoms with Crippen LogP contribution in [0.2, 0.25) is 0 Å². The molecule has 0 fully saturated rings. The molecule has 2 rings (SSSR count). The van der Waals surface area contributed by atoms with Gasteiger partial charge < -0.3 is 15.6 Å². The summed E-state index contributed by atoms with van der Waals surface area (Å²) in [5, 5.41) is 7.75. The van der Waals surface area contributed by atoms with E-state index >= 15 is 0 Å². The van der Waals surface area contributed by atoms with Gasteiger partial charge in [0.25, 0.3) is 0 Å². The number of thiophene rings is 1. The van der Waals surface area contributed by atoms with E-state index in [1.165, 1.54) is 30.0 Å². The number of nitrogens with zero attached hydrogens (tertiary/aromatic N) is 2. The van der Waals surface area contributed by atoms with Gasteiger partial charge >= 0.3 is 0 Å². The number of rotatable bonds is 5. The number of thioether (sulfide) groups is 1. The van der Waals surface area contributed by atoms with Crippen LogP contribution in [0.25, 0.3) is 0 Å². The summed E-state index contributed by atoms with van der Waals surface area (Å²) in [7, 11) is 0. The molecule has 0 bridgehead atoms. The molecule has 102 valence electrons. The Morgan fingerprint density at radius 1 is 1.58 bits per heavy atom. The lowest BCUT2D eigenvalue weighted by molar-refractivity contribution is 0.102. The minimum absolute atomic E-state index is 0.0283. The summed E-state index contributed by atoms with van der Waals surface area (Å²) < 4.78 is 5.02. The first kappa shape index (κ1) is 13.9. The van der Waals surface area contributed by atoms with Crippen LogP contribution in [0.1, 0.15) is 28.3 Å². The highest BCUT2D eigenvalue weighted by molar-refractivity contribution is 7.99. The average Bonchev–Trinajstić information content (AvgIpc) is 2.90. The molecule has 0 spiro atoms. The molecule has 3 N–H and O–H groups in total. The van der Waals surface area contributed by atoms with Gasteiger partial charge in [0.15, 0.2) is 11.6 Å². The predicted octanol–water partition coefficient (Wildman–Crippen LogP) is 2.56. The maximum absolute atomic E-state index is 11.5. The Kier molecular flexibility index (Phi) is 4.11. The van der Waals surface area contributed by atoms with E-state index in [9.17, 15) is 4.79 Å². The largest absolute Gasteiger partial charge is 0.396 e. The third kappa shape index (κ3) is 2.90. The number of carbonyl (C=O) groups is 1. The van der Waals surface area contributed by atoms with Gasteiger partial charge in [0, 0.05) is 6.92 Å². The van der Waals surface area contributed by atoms with E-state index in [1.807, 2.05) is 6.26 Å². The molecule has 0 atom stereocenters. The van der Waals surface area contributed by atoms with Crippen LogP contribution >= 0.6 is 23.1 Å². The van der Waals surface area contributed by atoms with E-state index in [0.717, 1.165) is 9.90 Å². The van der Waals surface area contributed by atoms with Gasteiger partial charge in [-0.25, -0.2) is 0 Å². The molecule has 8 heteroatoms. The van der Waals surface area contributed by atoms with Gasteiger partial charge in [-0.05, 0) is 13.2 Å². The molecule has 6 nitrogen and oxygen atoms in total. The molecule has 0 amide bonds. The number of Topliss-reactive ketones (excluding diaryl/α,β-unsaturated/α-hetero) is 1. The lowest BCUT2D eigenvalue weighted by atomic mass is 10.3. The maximum Gasteiger partial charge on any atom is 0.245 e. The molecule has 0 saturated heterocycles. The highest BCUT2D eigenvalue weighted by Gasteiger charge is 2.18. The highest BCUT2D eigenvalue weighted by Crippen LogP contribution is 2.41. The Morgan fingerprint density at radius 2 is 2.32 bits per heavy atom. The number of hydrogen-bond acceptors (Lipinski definition) is 8. The number of nitrogens with two attached hydrogens (primary N) is 1. The topological polar surface area (TPSA) is 94.0 Å². The molecule has 0 aliphatic rings.